The second kappa shape index (κ2) is 6.38. The molecule has 24 heavy (non-hydrogen) atoms. The van der Waals surface area contributed by atoms with E-state index < -0.39 is 0 Å². The Morgan fingerprint density at radius 3 is 2.83 bits per heavy atom. The van der Waals surface area contributed by atoms with Gasteiger partial charge >= 0.3 is 0 Å². The average molecular weight is 321 g/mol. The number of ether oxygens (including phenoxy) is 1. The lowest BCUT2D eigenvalue weighted by molar-refractivity contribution is -0.0993. The number of morpholine rings is 1. The van der Waals surface area contributed by atoms with E-state index in [4.69, 9.17) is 4.74 Å². The molecule has 3 aromatic rings. The lowest BCUT2D eigenvalue weighted by Gasteiger charge is -2.44. The minimum atomic E-state index is 0.123. The van der Waals surface area contributed by atoms with Crippen molar-refractivity contribution >= 4 is 10.9 Å². The number of hydrogen-bond donors (Lipinski definition) is 1. The summed E-state index contributed by atoms with van der Waals surface area (Å²) in [6, 6.07) is 17.8. The van der Waals surface area contributed by atoms with Crippen molar-refractivity contribution in [1.82, 2.24) is 15.1 Å². The van der Waals surface area contributed by atoms with E-state index in [-0.39, 0.29) is 6.10 Å². The second-order valence-corrected chi connectivity index (χ2v) is 6.72. The third-order valence-corrected chi connectivity index (χ3v) is 5.04. The molecule has 1 aliphatic rings. The van der Waals surface area contributed by atoms with Gasteiger partial charge in [-0.1, -0.05) is 42.5 Å². The predicted molar refractivity (Wildman–Crippen MR) is 95.7 cm³/mol. The van der Waals surface area contributed by atoms with Crippen LogP contribution in [0.5, 0.6) is 0 Å². The molecule has 1 aliphatic heterocycles. The summed E-state index contributed by atoms with van der Waals surface area (Å²) in [4.78, 5) is 2.54. The van der Waals surface area contributed by atoms with Gasteiger partial charge in [0.05, 0.1) is 24.4 Å². The van der Waals surface area contributed by atoms with Crippen LogP contribution >= 0.6 is 0 Å². The van der Waals surface area contributed by atoms with Gasteiger partial charge in [0.15, 0.2) is 0 Å². The fourth-order valence-electron chi connectivity index (χ4n) is 3.66. The summed E-state index contributed by atoms with van der Waals surface area (Å²) >= 11 is 0. The Morgan fingerprint density at radius 1 is 1.17 bits per heavy atom. The molecule has 4 rings (SSSR count). The minimum absolute atomic E-state index is 0.123. The molecule has 4 nitrogen and oxygen atoms in total. The van der Waals surface area contributed by atoms with Crippen LogP contribution in [0, 0.1) is 0 Å². The molecular weight excluding hydrogens is 298 g/mol. The average Bonchev–Trinajstić information content (AvgIpc) is 3.07. The summed E-state index contributed by atoms with van der Waals surface area (Å²) in [7, 11) is 0. The molecule has 2 aromatic carbocycles. The van der Waals surface area contributed by atoms with Crippen LogP contribution in [0.3, 0.4) is 0 Å². The molecule has 0 radical (unpaired) electrons. The van der Waals surface area contributed by atoms with Crippen LogP contribution in [-0.2, 0) is 11.3 Å². The van der Waals surface area contributed by atoms with Gasteiger partial charge < -0.3 is 4.74 Å². The van der Waals surface area contributed by atoms with Gasteiger partial charge in [-0.05, 0) is 31.0 Å². The van der Waals surface area contributed by atoms with Gasteiger partial charge in [-0.2, -0.15) is 5.10 Å². The summed E-state index contributed by atoms with van der Waals surface area (Å²) in [6.45, 7) is 6.19. The lowest BCUT2D eigenvalue weighted by Crippen LogP contribution is -2.50. The van der Waals surface area contributed by atoms with E-state index in [1.807, 2.05) is 6.20 Å². The Hall–Kier alpha value is -2.17. The van der Waals surface area contributed by atoms with Crippen LogP contribution in [0.4, 0.5) is 0 Å². The van der Waals surface area contributed by atoms with Gasteiger partial charge in [0, 0.05) is 24.0 Å². The first kappa shape index (κ1) is 15.4. The normalized spacial score (nSPS) is 25.2. The van der Waals surface area contributed by atoms with Crippen molar-refractivity contribution in [3.8, 4) is 0 Å². The van der Waals surface area contributed by atoms with E-state index >= 15 is 0 Å². The van der Waals surface area contributed by atoms with Crippen LogP contribution in [0.2, 0.25) is 0 Å². The molecule has 0 saturated carbocycles. The largest absolute Gasteiger partial charge is 0.370 e. The number of aromatic nitrogens is 2. The Bertz CT molecular complexity index is 814. The summed E-state index contributed by atoms with van der Waals surface area (Å²) in [5.74, 6) is 0. The Kier molecular flexibility index (Phi) is 4.08. The molecule has 1 aromatic heterocycles. The number of nitrogens with zero attached hydrogens (tertiary/aromatic N) is 2. The minimum Gasteiger partial charge on any atom is -0.370 e. The molecular formula is C20H23N3O. The van der Waals surface area contributed by atoms with Gasteiger partial charge in [-0.25, -0.2) is 0 Å². The third kappa shape index (κ3) is 2.83. The molecule has 1 N–H and O–H groups in total. The fourth-order valence-corrected chi connectivity index (χ4v) is 3.66. The Morgan fingerprint density at radius 2 is 2.00 bits per heavy atom. The number of benzene rings is 2. The first-order valence-corrected chi connectivity index (χ1v) is 8.56. The highest BCUT2D eigenvalue weighted by atomic mass is 16.5. The SMILES string of the molecule is C[C@@H]1CO[C@@H](c2ccccc2)[C@H](C)N1Cc1ccc2cn[nH]c2c1. The number of rotatable bonds is 3. The quantitative estimate of drug-likeness (QED) is 0.795. The van der Waals surface area contributed by atoms with E-state index in [0.717, 1.165) is 24.1 Å². The molecule has 124 valence electrons. The van der Waals surface area contributed by atoms with Gasteiger partial charge in [0.2, 0.25) is 0 Å². The Balaban J connectivity index is 1.58. The molecule has 1 saturated heterocycles. The van der Waals surface area contributed by atoms with Crippen molar-refractivity contribution in [2.45, 2.75) is 38.6 Å². The van der Waals surface area contributed by atoms with E-state index in [0.29, 0.717) is 12.1 Å². The van der Waals surface area contributed by atoms with Crippen molar-refractivity contribution in [1.29, 1.82) is 0 Å². The third-order valence-electron chi connectivity index (χ3n) is 5.04. The molecule has 2 heterocycles. The highest BCUT2D eigenvalue weighted by molar-refractivity contribution is 5.78. The maximum absolute atomic E-state index is 6.16. The Labute approximate surface area is 142 Å². The number of nitrogens with one attached hydrogen (secondary N) is 1. The lowest BCUT2D eigenvalue weighted by atomic mass is 9.98. The van der Waals surface area contributed by atoms with Gasteiger partial charge in [0.1, 0.15) is 0 Å². The molecule has 3 atom stereocenters. The number of H-pyrrole nitrogens is 1. The fraction of sp³-hybridized carbons (Fsp3) is 0.350. The maximum Gasteiger partial charge on any atom is 0.0978 e. The van der Waals surface area contributed by atoms with E-state index in [9.17, 15) is 0 Å². The van der Waals surface area contributed by atoms with Crippen LogP contribution in [0.1, 0.15) is 31.1 Å². The molecule has 0 spiro atoms. The van der Waals surface area contributed by atoms with Gasteiger partial charge in [-0.3, -0.25) is 10.00 Å². The van der Waals surface area contributed by atoms with Crippen LogP contribution in [-0.4, -0.2) is 33.8 Å². The van der Waals surface area contributed by atoms with E-state index in [1.54, 1.807) is 0 Å². The molecule has 1 fully saturated rings. The van der Waals surface area contributed by atoms with Crippen molar-refractivity contribution < 1.29 is 4.74 Å². The molecule has 0 aliphatic carbocycles. The summed E-state index contributed by atoms with van der Waals surface area (Å²) < 4.78 is 6.16. The molecule has 0 unspecified atom stereocenters. The zero-order valence-corrected chi connectivity index (χ0v) is 14.1. The first-order valence-electron chi connectivity index (χ1n) is 8.56. The number of aromatic amines is 1. The summed E-state index contributed by atoms with van der Waals surface area (Å²) in [5.41, 5.74) is 3.66. The maximum atomic E-state index is 6.16. The van der Waals surface area contributed by atoms with Crippen molar-refractivity contribution in [2.24, 2.45) is 0 Å². The van der Waals surface area contributed by atoms with Crippen molar-refractivity contribution in [3.05, 3.63) is 65.9 Å². The van der Waals surface area contributed by atoms with Crippen LogP contribution in [0.15, 0.2) is 54.7 Å². The zero-order valence-electron chi connectivity index (χ0n) is 14.1. The standard InChI is InChI=1S/C20H23N3O/c1-14-13-24-20(17-6-4-3-5-7-17)15(2)23(14)12-16-8-9-18-11-21-22-19(18)10-16/h3-11,14-15,20H,12-13H2,1-2H3,(H,21,22)/t14-,15+,20-/m1/s1. The second-order valence-electron chi connectivity index (χ2n) is 6.72. The number of hydrogen-bond acceptors (Lipinski definition) is 3. The topological polar surface area (TPSA) is 41.1 Å². The van der Waals surface area contributed by atoms with E-state index in [2.05, 4.69) is 77.5 Å². The predicted octanol–water partition coefficient (Wildman–Crippen LogP) is 3.91. The van der Waals surface area contributed by atoms with Gasteiger partial charge in [0.25, 0.3) is 0 Å². The smallest absolute Gasteiger partial charge is 0.0978 e. The van der Waals surface area contributed by atoms with E-state index in [1.165, 1.54) is 11.1 Å². The highest BCUT2D eigenvalue weighted by Gasteiger charge is 2.34. The van der Waals surface area contributed by atoms with Crippen LogP contribution in [0.25, 0.3) is 10.9 Å². The monoisotopic (exact) mass is 321 g/mol. The molecule has 0 amide bonds. The first-order chi connectivity index (χ1) is 11.7. The van der Waals surface area contributed by atoms with Crippen molar-refractivity contribution in [2.75, 3.05) is 6.61 Å². The van der Waals surface area contributed by atoms with Crippen LogP contribution < -0.4 is 0 Å². The molecule has 4 heteroatoms. The summed E-state index contributed by atoms with van der Waals surface area (Å²) in [6.07, 6.45) is 1.99. The highest BCUT2D eigenvalue weighted by Crippen LogP contribution is 2.32. The number of fused-ring (bicyclic) bond motifs is 1. The zero-order chi connectivity index (χ0) is 16.5. The van der Waals surface area contributed by atoms with Gasteiger partial charge in [-0.15, -0.1) is 0 Å². The molecule has 0 bridgehead atoms. The van der Waals surface area contributed by atoms with Crippen molar-refractivity contribution in [3.63, 3.8) is 0 Å². The summed E-state index contributed by atoms with van der Waals surface area (Å²) in [5, 5.41) is 8.33.